The summed E-state index contributed by atoms with van der Waals surface area (Å²) >= 11 is 0. The first-order chi connectivity index (χ1) is 10.3. The molecule has 0 saturated heterocycles. The Hall–Kier alpha value is -2.33. The molecule has 3 rings (SSSR count). The number of ether oxygens (including phenoxy) is 1. The number of hydrogen-bond acceptors (Lipinski definition) is 3. The molecule has 0 saturated carbocycles. The van der Waals surface area contributed by atoms with Gasteiger partial charge >= 0.3 is 0 Å². The molecule has 21 heavy (non-hydrogen) atoms. The predicted octanol–water partition coefficient (Wildman–Crippen LogP) is 2.11. The summed E-state index contributed by atoms with van der Waals surface area (Å²) in [5, 5.41) is 0. The fraction of sp³-hybridized carbons (Fsp3) is 0.235. The smallest absolute Gasteiger partial charge is 0.244 e. The molecule has 0 fully saturated rings. The van der Waals surface area contributed by atoms with Gasteiger partial charge in [-0.2, -0.15) is 0 Å². The Bertz CT molecular complexity index is 628. The molecule has 1 atom stereocenters. The van der Waals surface area contributed by atoms with E-state index in [4.69, 9.17) is 10.5 Å². The van der Waals surface area contributed by atoms with Crippen LogP contribution in [-0.2, 0) is 11.3 Å². The molecule has 1 aliphatic rings. The topological polar surface area (TPSA) is 55.6 Å². The van der Waals surface area contributed by atoms with Crippen molar-refractivity contribution < 1.29 is 9.53 Å². The number of nitrogens with zero attached hydrogens (tertiary/aromatic N) is 1. The lowest BCUT2D eigenvalue weighted by molar-refractivity contribution is -0.133. The molecule has 2 aromatic carbocycles. The maximum Gasteiger partial charge on any atom is 0.244 e. The highest BCUT2D eigenvalue weighted by atomic mass is 16.5. The van der Waals surface area contributed by atoms with Crippen LogP contribution in [0.5, 0.6) is 5.75 Å². The lowest BCUT2D eigenvalue weighted by Crippen LogP contribution is -2.39. The van der Waals surface area contributed by atoms with Gasteiger partial charge < -0.3 is 15.4 Å². The van der Waals surface area contributed by atoms with Gasteiger partial charge in [0.25, 0.3) is 0 Å². The van der Waals surface area contributed by atoms with Crippen LogP contribution >= 0.6 is 0 Å². The van der Waals surface area contributed by atoms with Crippen molar-refractivity contribution in [3.8, 4) is 5.75 Å². The zero-order chi connectivity index (χ0) is 14.7. The van der Waals surface area contributed by atoms with E-state index in [9.17, 15) is 4.79 Å². The third kappa shape index (κ3) is 2.90. The van der Waals surface area contributed by atoms with Crippen molar-refractivity contribution in [3.63, 3.8) is 0 Å². The number of amides is 1. The molecule has 0 unspecified atom stereocenters. The maximum atomic E-state index is 12.6. The van der Waals surface area contributed by atoms with E-state index in [1.807, 2.05) is 54.6 Å². The van der Waals surface area contributed by atoms with Crippen molar-refractivity contribution in [1.29, 1.82) is 0 Å². The monoisotopic (exact) mass is 282 g/mol. The molecule has 0 bridgehead atoms. The van der Waals surface area contributed by atoms with E-state index < -0.39 is 6.04 Å². The Labute approximate surface area is 124 Å². The largest absolute Gasteiger partial charge is 0.491 e. The minimum Gasteiger partial charge on any atom is -0.491 e. The number of fused-ring (bicyclic) bond motifs is 1. The Kier molecular flexibility index (Phi) is 3.88. The summed E-state index contributed by atoms with van der Waals surface area (Å²) in [4.78, 5) is 14.4. The average Bonchev–Trinajstić information content (AvgIpc) is 2.76. The third-order valence-electron chi connectivity index (χ3n) is 3.69. The molecule has 1 amide bonds. The van der Waals surface area contributed by atoms with Crippen LogP contribution in [0.1, 0.15) is 17.2 Å². The lowest BCUT2D eigenvalue weighted by Gasteiger charge is -2.23. The zero-order valence-electron chi connectivity index (χ0n) is 11.7. The van der Waals surface area contributed by atoms with Crippen LogP contribution in [-0.4, -0.2) is 24.0 Å². The van der Waals surface area contributed by atoms with Gasteiger partial charge in [0.1, 0.15) is 18.4 Å². The molecule has 2 aromatic rings. The second-order valence-electron chi connectivity index (χ2n) is 5.10. The summed E-state index contributed by atoms with van der Waals surface area (Å²) in [5.74, 6) is 0.780. The van der Waals surface area contributed by atoms with E-state index in [1.54, 1.807) is 4.90 Å². The summed E-state index contributed by atoms with van der Waals surface area (Å²) in [6.45, 7) is 1.58. The first kappa shape index (κ1) is 13.6. The standard InChI is InChI=1S/C17H18N2O2/c18-16(13-6-2-1-3-7-13)17(20)19-10-11-21-15-9-5-4-8-14(15)12-19/h1-9,16H,10-12,18H2/t16-/m1/s1. The molecule has 0 radical (unpaired) electrons. The number of hydrogen-bond donors (Lipinski definition) is 1. The van der Waals surface area contributed by atoms with Gasteiger partial charge in [-0.25, -0.2) is 0 Å². The van der Waals surface area contributed by atoms with Crippen molar-refractivity contribution in [2.45, 2.75) is 12.6 Å². The van der Waals surface area contributed by atoms with E-state index in [0.717, 1.165) is 16.9 Å². The van der Waals surface area contributed by atoms with Gasteiger partial charge in [-0.3, -0.25) is 4.79 Å². The van der Waals surface area contributed by atoms with Gasteiger partial charge in [-0.05, 0) is 11.6 Å². The summed E-state index contributed by atoms with van der Waals surface area (Å²) in [6, 6.07) is 16.6. The Morgan fingerprint density at radius 2 is 1.81 bits per heavy atom. The number of para-hydroxylation sites is 1. The highest BCUT2D eigenvalue weighted by Gasteiger charge is 2.25. The van der Waals surface area contributed by atoms with Crippen LogP contribution in [0.4, 0.5) is 0 Å². The molecular weight excluding hydrogens is 264 g/mol. The van der Waals surface area contributed by atoms with E-state index in [1.165, 1.54) is 0 Å². The highest BCUT2D eigenvalue weighted by molar-refractivity contribution is 5.83. The van der Waals surface area contributed by atoms with Crippen molar-refractivity contribution in [2.24, 2.45) is 5.73 Å². The molecule has 1 aliphatic heterocycles. The van der Waals surface area contributed by atoms with Crippen molar-refractivity contribution in [2.75, 3.05) is 13.2 Å². The van der Waals surface area contributed by atoms with E-state index in [-0.39, 0.29) is 5.91 Å². The molecular formula is C17H18N2O2. The number of benzene rings is 2. The van der Waals surface area contributed by atoms with Crippen LogP contribution in [0.15, 0.2) is 54.6 Å². The molecule has 4 nitrogen and oxygen atoms in total. The van der Waals surface area contributed by atoms with Crippen LogP contribution in [0.3, 0.4) is 0 Å². The fourth-order valence-corrected chi connectivity index (χ4v) is 2.51. The summed E-state index contributed by atoms with van der Waals surface area (Å²) < 4.78 is 5.68. The molecule has 1 heterocycles. The molecule has 0 aromatic heterocycles. The summed E-state index contributed by atoms with van der Waals surface area (Å²) in [6.07, 6.45) is 0. The molecule has 2 N–H and O–H groups in total. The first-order valence-corrected chi connectivity index (χ1v) is 7.06. The maximum absolute atomic E-state index is 12.6. The average molecular weight is 282 g/mol. The number of rotatable bonds is 2. The van der Waals surface area contributed by atoms with Crippen molar-refractivity contribution >= 4 is 5.91 Å². The first-order valence-electron chi connectivity index (χ1n) is 7.06. The van der Waals surface area contributed by atoms with Gasteiger partial charge in [0.15, 0.2) is 0 Å². The summed E-state index contributed by atoms with van der Waals surface area (Å²) in [7, 11) is 0. The van der Waals surface area contributed by atoms with Gasteiger partial charge in [0.2, 0.25) is 5.91 Å². The fourth-order valence-electron chi connectivity index (χ4n) is 2.51. The minimum atomic E-state index is -0.628. The van der Waals surface area contributed by atoms with Crippen LogP contribution in [0.25, 0.3) is 0 Å². The zero-order valence-corrected chi connectivity index (χ0v) is 11.7. The van der Waals surface area contributed by atoms with Crippen LogP contribution in [0.2, 0.25) is 0 Å². The van der Waals surface area contributed by atoms with E-state index >= 15 is 0 Å². The van der Waals surface area contributed by atoms with E-state index in [0.29, 0.717) is 19.7 Å². The van der Waals surface area contributed by atoms with Crippen molar-refractivity contribution in [3.05, 3.63) is 65.7 Å². The number of carbonyl (C=O) groups is 1. The van der Waals surface area contributed by atoms with Gasteiger partial charge in [0, 0.05) is 12.1 Å². The normalized spacial score (nSPS) is 15.6. The molecule has 0 spiro atoms. The Morgan fingerprint density at radius 3 is 2.62 bits per heavy atom. The van der Waals surface area contributed by atoms with Gasteiger partial charge in [0.05, 0.1) is 6.54 Å². The van der Waals surface area contributed by atoms with Gasteiger partial charge in [-0.15, -0.1) is 0 Å². The number of carbonyl (C=O) groups excluding carboxylic acids is 1. The molecule has 108 valence electrons. The third-order valence-corrected chi connectivity index (χ3v) is 3.69. The minimum absolute atomic E-state index is 0.0681. The van der Waals surface area contributed by atoms with Gasteiger partial charge in [-0.1, -0.05) is 48.5 Å². The quantitative estimate of drug-likeness (QED) is 0.918. The second-order valence-corrected chi connectivity index (χ2v) is 5.10. The second kappa shape index (κ2) is 5.97. The Balaban J connectivity index is 1.79. The SMILES string of the molecule is N[C@@H](C(=O)N1CCOc2ccccc2C1)c1ccccc1. The van der Waals surface area contributed by atoms with Crippen LogP contribution in [0, 0.1) is 0 Å². The Morgan fingerprint density at radius 1 is 1.10 bits per heavy atom. The van der Waals surface area contributed by atoms with Crippen molar-refractivity contribution in [1.82, 2.24) is 4.90 Å². The molecule has 4 heteroatoms. The predicted molar refractivity (Wildman–Crippen MR) is 80.7 cm³/mol. The number of nitrogens with two attached hydrogens (primary N) is 1. The molecule has 0 aliphatic carbocycles. The van der Waals surface area contributed by atoms with E-state index in [2.05, 4.69) is 0 Å². The summed E-state index contributed by atoms with van der Waals surface area (Å²) in [5.41, 5.74) is 7.96. The van der Waals surface area contributed by atoms with Crippen LogP contribution < -0.4 is 10.5 Å². The highest BCUT2D eigenvalue weighted by Crippen LogP contribution is 2.24. The lowest BCUT2D eigenvalue weighted by atomic mass is 10.1.